The molecule has 0 unspecified atom stereocenters. The molecule has 0 radical (unpaired) electrons. The summed E-state index contributed by atoms with van der Waals surface area (Å²) in [5.41, 5.74) is 0.660. The zero-order valence-corrected chi connectivity index (χ0v) is 8.03. The third-order valence-electron chi connectivity index (χ3n) is 1.77. The average Bonchev–Trinajstić information content (AvgIpc) is 2.19. The Morgan fingerprint density at radius 2 is 1.93 bits per heavy atom. The van der Waals surface area contributed by atoms with Crippen molar-refractivity contribution < 1.29 is 14.3 Å². The van der Waals surface area contributed by atoms with Crippen LogP contribution < -0.4 is 4.74 Å². The standard InChI is InChI=1S/C11H12O3.CH4/c1-9(13)10-3-5-11(6-4-10)14-8-2-7-12;/h3-7H,2,8H2,1H3;1H4. The second-order valence-corrected chi connectivity index (χ2v) is 2.88. The molecule has 0 bridgehead atoms. The van der Waals surface area contributed by atoms with E-state index in [0.29, 0.717) is 24.3 Å². The summed E-state index contributed by atoms with van der Waals surface area (Å²) >= 11 is 0. The van der Waals surface area contributed by atoms with E-state index in [0.717, 1.165) is 6.29 Å². The van der Waals surface area contributed by atoms with E-state index < -0.39 is 0 Å². The van der Waals surface area contributed by atoms with Crippen LogP contribution in [0.15, 0.2) is 24.3 Å². The lowest BCUT2D eigenvalue weighted by Gasteiger charge is -2.03. The molecule has 3 heteroatoms. The van der Waals surface area contributed by atoms with Crippen molar-refractivity contribution in [2.45, 2.75) is 20.8 Å². The Hall–Kier alpha value is -1.64. The van der Waals surface area contributed by atoms with Crippen LogP contribution in [0, 0.1) is 0 Å². The van der Waals surface area contributed by atoms with Gasteiger partial charge in [0, 0.05) is 12.0 Å². The van der Waals surface area contributed by atoms with E-state index in [1.807, 2.05) is 0 Å². The minimum Gasteiger partial charge on any atom is -0.493 e. The number of hydrogen-bond acceptors (Lipinski definition) is 3. The number of ketones is 1. The number of aldehydes is 1. The SMILES string of the molecule is C.CC(=O)c1ccc(OCCC=O)cc1. The van der Waals surface area contributed by atoms with Crippen LogP contribution in [0.1, 0.15) is 31.1 Å². The normalized spacial score (nSPS) is 8.87. The summed E-state index contributed by atoms with van der Waals surface area (Å²) in [5, 5.41) is 0. The second kappa shape index (κ2) is 6.76. The highest BCUT2D eigenvalue weighted by atomic mass is 16.5. The molecule has 0 aliphatic rings. The number of carbonyl (C=O) groups excluding carboxylic acids is 2. The molecule has 0 saturated carbocycles. The summed E-state index contributed by atoms with van der Waals surface area (Å²) < 4.78 is 5.24. The number of Topliss-reactive ketones (excluding diaryl/α,β-unsaturated/α-hetero) is 1. The monoisotopic (exact) mass is 208 g/mol. The average molecular weight is 208 g/mol. The highest BCUT2D eigenvalue weighted by Crippen LogP contribution is 2.12. The fourth-order valence-electron chi connectivity index (χ4n) is 1.01. The predicted octanol–water partition coefficient (Wildman–Crippen LogP) is 2.49. The van der Waals surface area contributed by atoms with Gasteiger partial charge < -0.3 is 9.53 Å². The predicted molar refractivity (Wildman–Crippen MR) is 59.4 cm³/mol. The van der Waals surface area contributed by atoms with E-state index in [1.165, 1.54) is 6.92 Å². The Balaban J connectivity index is 0.00000196. The zero-order valence-electron chi connectivity index (χ0n) is 8.03. The number of carbonyl (C=O) groups is 2. The van der Waals surface area contributed by atoms with Crippen LogP contribution >= 0.6 is 0 Å². The zero-order chi connectivity index (χ0) is 10.4. The molecule has 0 spiro atoms. The van der Waals surface area contributed by atoms with Crippen LogP contribution in [0.25, 0.3) is 0 Å². The molecule has 1 aromatic carbocycles. The summed E-state index contributed by atoms with van der Waals surface area (Å²) in [6.07, 6.45) is 1.19. The van der Waals surface area contributed by atoms with Crippen LogP contribution in [-0.4, -0.2) is 18.7 Å². The lowest BCUT2D eigenvalue weighted by molar-refractivity contribution is -0.108. The first-order valence-electron chi connectivity index (χ1n) is 4.41. The molecule has 0 saturated heterocycles. The quantitative estimate of drug-likeness (QED) is 0.424. The molecular weight excluding hydrogens is 192 g/mol. The van der Waals surface area contributed by atoms with Gasteiger partial charge in [0.25, 0.3) is 0 Å². The van der Waals surface area contributed by atoms with Gasteiger partial charge in [0.05, 0.1) is 6.61 Å². The molecule has 0 heterocycles. The minimum atomic E-state index is 0. The molecule has 0 atom stereocenters. The minimum absolute atomic E-state index is 0. The highest BCUT2D eigenvalue weighted by Gasteiger charge is 1.98. The molecule has 0 fully saturated rings. The van der Waals surface area contributed by atoms with Crippen molar-refractivity contribution in [3.05, 3.63) is 29.8 Å². The molecule has 3 nitrogen and oxygen atoms in total. The molecule has 0 aliphatic heterocycles. The van der Waals surface area contributed by atoms with Gasteiger partial charge in [-0.25, -0.2) is 0 Å². The van der Waals surface area contributed by atoms with Crippen molar-refractivity contribution in [1.29, 1.82) is 0 Å². The van der Waals surface area contributed by atoms with Gasteiger partial charge in [0.2, 0.25) is 0 Å². The van der Waals surface area contributed by atoms with Crippen LogP contribution in [0.3, 0.4) is 0 Å². The Bertz CT molecular complexity index is 314. The topological polar surface area (TPSA) is 43.4 Å². The molecule has 0 aromatic heterocycles. The molecule has 1 aromatic rings. The van der Waals surface area contributed by atoms with E-state index in [4.69, 9.17) is 4.74 Å². The van der Waals surface area contributed by atoms with E-state index in [9.17, 15) is 9.59 Å². The summed E-state index contributed by atoms with van der Waals surface area (Å²) in [4.78, 5) is 20.9. The van der Waals surface area contributed by atoms with Crippen LogP contribution in [-0.2, 0) is 4.79 Å². The van der Waals surface area contributed by atoms with Crippen molar-refractivity contribution >= 4 is 12.1 Å². The van der Waals surface area contributed by atoms with E-state index in [-0.39, 0.29) is 13.2 Å². The van der Waals surface area contributed by atoms with Crippen molar-refractivity contribution in [2.75, 3.05) is 6.61 Å². The number of ether oxygens (including phenoxy) is 1. The van der Waals surface area contributed by atoms with Gasteiger partial charge in [0.15, 0.2) is 5.78 Å². The smallest absolute Gasteiger partial charge is 0.159 e. The summed E-state index contributed by atoms with van der Waals surface area (Å²) in [5.74, 6) is 0.710. The van der Waals surface area contributed by atoms with E-state index in [1.54, 1.807) is 24.3 Å². The van der Waals surface area contributed by atoms with Gasteiger partial charge in [-0.3, -0.25) is 4.79 Å². The summed E-state index contributed by atoms with van der Waals surface area (Å²) in [7, 11) is 0. The van der Waals surface area contributed by atoms with Gasteiger partial charge in [0.1, 0.15) is 12.0 Å². The molecule has 0 aliphatic carbocycles. The molecule has 15 heavy (non-hydrogen) atoms. The second-order valence-electron chi connectivity index (χ2n) is 2.88. The molecule has 0 amide bonds. The molecule has 0 N–H and O–H groups in total. The lowest BCUT2D eigenvalue weighted by Crippen LogP contribution is -1.98. The summed E-state index contributed by atoms with van der Waals surface area (Å²) in [6, 6.07) is 6.86. The fraction of sp³-hybridized carbons (Fsp3) is 0.333. The van der Waals surface area contributed by atoms with Gasteiger partial charge in [-0.15, -0.1) is 0 Å². The Morgan fingerprint density at radius 3 is 2.40 bits per heavy atom. The maximum atomic E-state index is 10.9. The number of benzene rings is 1. The molecule has 1 rings (SSSR count). The molecular formula is C12H16O3. The van der Waals surface area contributed by atoms with Gasteiger partial charge in [-0.1, -0.05) is 7.43 Å². The van der Waals surface area contributed by atoms with Gasteiger partial charge >= 0.3 is 0 Å². The maximum absolute atomic E-state index is 10.9. The van der Waals surface area contributed by atoms with Crippen molar-refractivity contribution in [3.63, 3.8) is 0 Å². The van der Waals surface area contributed by atoms with Crippen LogP contribution in [0.5, 0.6) is 5.75 Å². The third kappa shape index (κ3) is 4.40. The first-order chi connectivity index (χ1) is 6.74. The van der Waals surface area contributed by atoms with E-state index in [2.05, 4.69) is 0 Å². The van der Waals surface area contributed by atoms with Crippen LogP contribution in [0.2, 0.25) is 0 Å². The third-order valence-corrected chi connectivity index (χ3v) is 1.77. The van der Waals surface area contributed by atoms with Crippen molar-refractivity contribution in [2.24, 2.45) is 0 Å². The first kappa shape index (κ1) is 13.4. The van der Waals surface area contributed by atoms with E-state index >= 15 is 0 Å². The van der Waals surface area contributed by atoms with Gasteiger partial charge in [-0.2, -0.15) is 0 Å². The Kier molecular flexibility index (Phi) is 6.02. The van der Waals surface area contributed by atoms with Crippen LogP contribution in [0.4, 0.5) is 0 Å². The fourth-order valence-corrected chi connectivity index (χ4v) is 1.01. The first-order valence-corrected chi connectivity index (χ1v) is 4.41. The largest absolute Gasteiger partial charge is 0.493 e. The maximum Gasteiger partial charge on any atom is 0.159 e. The highest BCUT2D eigenvalue weighted by molar-refractivity contribution is 5.94. The summed E-state index contributed by atoms with van der Waals surface area (Å²) in [6.45, 7) is 1.89. The number of rotatable bonds is 5. The Morgan fingerprint density at radius 1 is 1.33 bits per heavy atom. The van der Waals surface area contributed by atoms with Crippen molar-refractivity contribution in [1.82, 2.24) is 0 Å². The lowest BCUT2D eigenvalue weighted by atomic mass is 10.1. The van der Waals surface area contributed by atoms with Crippen molar-refractivity contribution in [3.8, 4) is 5.75 Å². The Labute approximate surface area is 90.1 Å². The number of hydrogen-bond donors (Lipinski definition) is 0. The van der Waals surface area contributed by atoms with Gasteiger partial charge in [-0.05, 0) is 31.2 Å². The molecule has 82 valence electrons.